The summed E-state index contributed by atoms with van der Waals surface area (Å²) >= 11 is 0. The number of ether oxygens (including phenoxy) is 1. The van der Waals surface area contributed by atoms with Crippen molar-refractivity contribution in [1.29, 1.82) is 0 Å². The standard InChI is InChI=1S/C15H21NO/c1-4-6-9-14(16-5-2)11-13-8-7-10-15(12-13)17-3/h1,7-8,10,12,14,16H,5-6,9,11H2,2-3H3. The van der Waals surface area contributed by atoms with Crippen molar-refractivity contribution in [3.05, 3.63) is 29.8 Å². The Labute approximate surface area is 104 Å². The molecule has 1 unspecified atom stereocenters. The van der Waals surface area contributed by atoms with Crippen molar-refractivity contribution in [3.8, 4) is 18.1 Å². The van der Waals surface area contributed by atoms with Crippen LogP contribution >= 0.6 is 0 Å². The highest BCUT2D eigenvalue weighted by molar-refractivity contribution is 5.28. The summed E-state index contributed by atoms with van der Waals surface area (Å²) < 4.78 is 5.22. The van der Waals surface area contributed by atoms with E-state index in [1.165, 1.54) is 5.56 Å². The van der Waals surface area contributed by atoms with Crippen molar-refractivity contribution in [3.63, 3.8) is 0 Å². The van der Waals surface area contributed by atoms with E-state index in [9.17, 15) is 0 Å². The van der Waals surface area contributed by atoms with Gasteiger partial charge in [0.25, 0.3) is 0 Å². The molecule has 0 fully saturated rings. The SMILES string of the molecule is C#CCCC(Cc1cccc(OC)c1)NCC. The first-order valence-corrected chi connectivity index (χ1v) is 6.10. The molecule has 0 aliphatic carbocycles. The molecular formula is C15H21NO. The second-order valence-electron chi connectivity index (χ2n) is 4.05. The molecule has 2 nitrogen and oxygen atoms in total. The maximum atomic E-state index is 5.31. The van der Waals surface area contributed by atoms with Crippen LogP contribution in [0.25, 0.3) is 0 Å². The van der Waals surface area contributed by atoms with Crippen LogP contribution < -0.4 is 10.1 Å². The van der Waals surface area contributed by atoms with Gasteiger partial charge in [-0.25, -0.2) is 0 Å². The minimum absolute atomic E-state index is 0.447. The first-order chi connectivity index (χ1) is 8.30. The van der Waals surface area contributed by atoms with Crippen molar-refractivity contribution in [2.45, 2.75) is 32.2 Å². The smallest absolute Gasteiger partial charge is 0.119 e. The molecule has 0 aromatic heterocycles. The third kappa shape index (κ3) is 4.93. The van der Waals surface area contributed by atoms with Gasteiger partial charge in [0.1, 0.15) is 5.75 Å². The maximum Gasteiger partial charge on any atom is 0.119 e. The monoisotopic (exact) mass is 231 g/mol. The lowest BCUT2D eigenvalue weighted by Crippen LogP contribution is -2.30. The third-order valence-electron chi connectivity index (χ3n) is 2.75. The fraction of sp³-hybridized carbons (Fsp3) is 0.467. The molecule has 17 heavy (non-hydrogen) atoms. The van der Waals surface area contributed by atoms with Crippen LogP contribution in [0.1, 0.15) is 25.3 Å². The molecule has 0 saturated heterocycles. The van der Waals surface area contributed by atoms with Gasteiger partial charge < -0.3 is 10.1 Å². The van der Waals surface area contributed by atoms with E-state index in [0.29, 0.717) is 6.04 Å². The molecule has 1 rings (SSSR count). The van der Waals surface area contributed by atoms with Crippen LogP contribution in [0.15, 0.2) is 24.3 Å². The van der Waals surface area contributed by atoms with Gasteiger partial charge in [0, 0.05) is 12.5 Å². The maximum absolute atomic E-state index is 5.31. The van der Waals surface area contributed by atoms with Gasteiger partial charge in [0.15, 0.2) is 0 Å². The van der Waals surface area contributed by atoms with Crippen LogP contribution in [-0.4, -0.2) is 19.7 Å². The van der Waals surface area contributed by atoms with Crippen LogP contribution in [0.2, 0.25) is 0 Å². The van der Waals surface area contributed by atoms with Crippen molar-refractivity contribution in [2.24, 2.45) is 0 Å². The average Bonchev–Trinajstić information content (AvgIpc) is 2.36. The lowest BCUT2D eigenvalue weighted by molar-refractivity contribution is 0.413. The molecular weight excluding hydrogens is 210 g/mol. The summed E-state index contributed by atoms with van der Waals surface area (Å²) in [5.74, 6) is 3.61. The predicted octanol–water partition coefficient (Wildman–Crippen LogP) is 2.63. The Balaban J connectivity index is 2.61. The molecule has 0 radical (unpaired) electrons. The van der Waals surface area contributed by atoms with Crippen LogP contribution in [0.5, 0.6) is 5.75 Å². The zero-order valence-electron chi connectivity index (χ0n) is 10.7. The molecule has 1 N–H and O–H groups in total. The first kappa shape index (κ1) is 13.6. The lowest BCUT2D eigenvalue weighted by Gasteiger charge is -2.17. The highest BCUT2D eigenvalue weighted by Gasteiger charge is 2.08. The topological polar surface area (TPSA) is 21.3 Å². The van der Waals surface area contributed by atoms with Gasteiger partial charge in [-0.05, 0) is 37.1 Å². The second-order valence-corrected chi connectivity index (χ2v) is 4.05. The molecule has 0 bridgehead atoms. The Bertz CT molecular complexity index is 367. The molecule has 0 saturated carbocycles. The first-order valence-electron chi connectivity index (χ1n) is 6.10. The number of rotatable bonds is 7. The van der Waals surface area contributed by atoms with Crippen LogP contribution in [0.4, 0.5) is 0 Å². The van der Waals surface area contributed by atoms with E-state index < -0.39 is 0 Å². The molecule has 1 aromatic carbocycles. The van der Waals surface area contributed by atoms with Gasteiger partial charge in [-0.3, -0.25) is 0 Å². The van der Waals surface area contributed by atoms with E-state index in [1.54, 1.807) is 7.11 Å². The normalized spacial score (nSPS) is 11.8. The van der Waals surface area contributed by atoms with Crippen LogP contribution in [-0.2, 0) is 6.42 Å². The molecule has 0 aliphatic heterocycles. The minimum Gasteiger partial charge on any atom is -0.497 e. The summed E-state index contributed by atoms with van der Waals surface area (Å²) in [7, 11) is 1.69. The van der Waals surface area contributed by atoms with Crippen molar-refractivity contribution >= 4 is 0 Å². The minimum atomic E-state index is 0.447. The number of terminal acetylenes is 1. The van der Waals surface area contributed by atoms with E-state index in [2.05, 4.69) is 30.3 Å². The van der Waals surface area contributed by atoms with Crippen LogP contribution in [0, 0.1) is 12.3 Å². The third-order valence-corrected chi connectivity index (χ3v) is 2.75. The fourth-order valence-corrected chi connectivity index (χ4v) is 1.91. The fourth-order valence-electron chi connectivity index (χ4n) is 1.91. The number of hydrogen-bond donors (Lipinski definition) is 1. The lowest BCUT2D eigenvalue weighted by atomic mass is 10.0. The Morgan fingerprint density at radius 1 is 1.47 bits per heavy atom. The van der Waals surface area contributed by atoms with Gasteiger partial charge >= 0.3 is 0 Å². The quantitative estimate of drug-likeness (QED) is 0.728. The molecule has 0 heterocycles. The van der Waals surface area contributed by atoms with Crippen molar-refractivity contribution in [2.75, 3.05) is 13.7 Å². The summed E-state index contributed by atoms with van der Waals surface area (Å²) in [6.45, 7) is 3.09. The number of hydrogen-bond acceptors (Lipinski definition) is 2. The Morgan fingerprint density at radius 2 is 2.29 bits per heavy atom. The largest absolute Gasteiger partial charge is 0.497 e. The Kier molecular flexibility index (Phi) is 6.21. The molecule has 2 heteroatoms. The van der Waals surface area contributed by atoms with Gasteiger partial charge in [-0.15, -0.1) is 12.3 Å². The summed E-state index contributed by atoms with van der Waals surface area (Å²) in [5.41, 5.74) is 1.28. The second kappa shape index (κ2) is 7.76. The van der Waals surface area contributed by atoms with E-state index >= 15 is 0 Å². The Morgan fingerprint density at radius 3 is 2.94 bits per heavy atom. The van der Waals surface area contributed by atoms with Gasteiger partial charge in [0.2, 0.25) is 0 Å². The number of benzene rings is 1. The van der Waals surface area contributed by atoms with Gasteiger partial charge in [-0.1, -0.05) is 19.1 Å². The zero-order chi connectivity index (χ0) is 12.5. The van der Waals surface area contributed by atoms with E-state index in [4.69, 9.17) is 11.2 Å². The highest BCUT2D eigenvalue weighted by atomic mass is 16.5. The number of methoxy groups -OCH3 is 1. The Hall–Kier alpha value is -1.46. The van der Waals surface area contributed by atoms with E-state index in [-0.39, 0.29) is 0 Å². The van der Waals surface area contributed by atoms with Gasteiger partial charge in [0.05, 0.1) is 7.11 Å². The molecule has 92 valence electrons. The van der Waals surface area contributed by atoms with Crippen molar-refractivity contribution < 1.29 is 4.74 Å². The molecule has 0 spiro atoms. The molecule has 0 aliphatic rings. The number of nitrogens with one attached hydrogen (secondary N) is 1. The summed E-state index contributed by atoms with van der Waals surface area (Å²) in [6.07, 6.45) is 8.14. The zero-order valence-corrected chi connectivity index (χ0v) is 10.7. The number of likely N-dealkylation sites (N-methyl/N-ethyl adjacent to an activating group) is 1. The van der Waals surface area contributed by atoms with Gasteiger partial charge in [-0.2, -0.15) is 0 Å². The molecule has 0 amide bonds. The highest BCUT2D eigenvalue weighted by Crippen LogP contribution is 2.15. The molecule has 1 atom stereocenters. The molecule has 1 aromatic rings. The van der Waals surface area contributed by atoms with E-state index in [0.717, 1.165) is 31.6 Å². The summed E-state index contributed by atoms with van der Waals surface area (Å²) in [6, 6.07) is 8.65. The van der Waals surface area contributed by atoms with E-state index in [1.807, 2.05) is 12.1 Å². The van der Waals surface area contributed by atoms with Crippen LogP contribution in [0.3, 0.4) is 0 Å². The van der Waals surface area contributed by atoms with Crippen molar-refractivity contribution in [1.82, 2.24) is 5.32 Å². The summed E-state index contributed by atoms with van der Waals surface area (Å²) in [5, 5.41) is 3.47. The predicted molar refractivity (Wildman–Crippen MR) is 72.2 cm³/mol. The average molecular weight is 231 g/mol. The summed E-state index contributed by atoms with van der Waals surface area (Å²) in [4.78, 5) is 0.